The molecule has 0 aliphatic heterocycles. The second-order valence-corrected chi connectivity index (χ2v) is 7.54. The second-order valence-electron chi connectivity index (χ2n) is 7.54. The highest BCUT2D eigenvalue weighted by Crippen LogP contribution is 2.21. The number of amides is 2. The fourth-order valence-corrected chi connectivity index (χ4v) is 3.22. The molecule has 0 saturated heterocycles. The number of nitrogens with two attached hydrogens (primary N) is 1. The zero-order valence-electron chi connectivity index (χ0n) is 17.9. The van der Waals surface area contributed by atoms with Gasteiger partial charge in [0.25, 0.3) is 0 Å². The lowest BCUT2D eigenvalue weighted by Crippen LogP contribution is -2.35. The average molecular weight is 437 g/mol. The van der Waals surface area contributed by atoms with Crippen LogP contribution in [0.5, 0.6) is 0 Å². The van der Waals surface area contributed by atoms with Crippen LogP contribution in [0, 0.1) is 6.92 Å². The molecule has 2 amide bonds. The highest BCUT2D eigenvalue weighted by molar-refractivity contribution is 5.96. The molecule has 1 atom stereocenters. The molecule has 0 aliphatic carbocycles. The fraction of sp³-hybridized carbons (Fsp3) is 0.292. The van der Waals surface area contributed by atoms with Crippen molar-refractivity contribution in [2.75, 3.05) is 11.9 Å². The van der Waals surface area contributed by atoms with Crippen LogP contribution < -0.4 is 22.0 Å². The van der Waals surface area contributed by atoms with Gasteiger partial charge in [-0.1, -0.05) is 30.3 Å². The van der Waals surface area contributed by atoms with E-state index in [1.807, 2.05) is 37.3 Å². The van der Waals surface area contributed by atoms with E-state index in [-0.39, 0.29) is 12.5 Å². The number of nitrogens with one attached hydrogen (secondary N) is 2. The summed E-state index contributed by atoms with van der Waals surface area (Å²) in [4.78, 5) is 35.6. The van der Waals surface area contributed by atoms with E-state index in [0.29, 0.717) is 37.1 Å². The third-order valence-electron chi connectivity index (χ3n) is 4.98. The molecule has 168 valence electrons. The fourth-order valence-electron chi connectivity index (χ4n) is 3.22. The molecule has 2 aromatic carbocycles. The van der Waals surface area contributed by atoms with Crippen molar-refractivity contribution >= 4 is 28.7 Å². The Morgan fingerprint density at radius 2 is 1.88 bits per heavy atom. The van der Waals surface area contributed by atoms with Crippen LogP contribution in [0.25, 0.3) is 11.0 Å². The van der Waals surface area contributed by atoms with Gasteiger partial charge >= 0.3 is 11.7 Å². The summed E-state index contributed by atoms with van der Waals surface area (Å²) in [5.74, 6) is -0.324. The summed E-state index contributed by atoms with van der Waals surface area (Å²) in [6.07, 6.45) is 1.32. The van der Waals surface area contributed by atoms with Gasteiger partial charge in [-0.3, -0.25) is 4.79 Å². The lowest BCUT2D eigenvalue weighted by molar-refractivity contribution is -0.117. The molecule has 0 saturated carbocycles. The van der Waals surface area contributed by atoms with Crippen LogP contribution in [0.2, 0.25) is 0 Å². The Kier molecular flexibility index (Phi) is 7.99. The minimum absolute atomic E-state index is 0.218. The van der Waals surface area contributed by atoms with E-state index in [1.54, 1.807) is 18.2 Å². The number of ether oxygens (including phenoxy) is 1. The average Bonchev–Trinajstić information content (AvgIpc) is 2.77. The smallest absolute Gasteiger partial charge is 0.407 e. The van der Waals surface area contributed by atoms with Crippen LogP contribution >= 0.6 is 0 Å². The van der Waals surface area contributed by atoms with Crippen molar-refractivity contribution in [3.05, 3.63) is 76.1 Å². The van der Waals surface area contributed by atoms with Crippen LogP contribution in [0.4, 0.5) is 10.5 Å². The molecule has 3 rings (SSSR count). The third-order valence-corrected chi connectivity index (χ3v) is 4.98. The molecule has 8 nitrogen and oxygen atoms in total. The summed E-state index contributed by atoms with van der Waals surface area (Å²) >= 11 is 0. The number of carbonyl (C=O) groups excluding carboxylic acids is 2. The molecule has 0 bridgehead atoms. The summed E-state index contributed by atoms with van der Waals surface area (Å²) in [6, 6.07) is 15.3. The minimum Gasteiger partial charge on any atom is -0.445 e. The van der Waals surface area contributed by atoms with Gasteiger partial charge in [-0.15, -0.1) is 0 Å². The normalized spacial score (nSPS) is 11.7. The molecule has 0 radical (unpaired) electrons. The Morgan fingerprint density at radius 3 is 2.66 bits per heavy atom. The summed E-state index contributed by atoms with van der Waals surface area (Å²) in [5, 5.41) is 6.24. The lowest BCUT2D eigenvalue weighted by Gasteiger charge is -2.13. The number of anilines is 1. The molecule has 0 aliphatic rings. The molecule has 32 heavy (non-hydrogen) atoms. The Hall–Kier alpha value is -3.65. The maximum Gasteiger partial charge on any atom is 0.407 e. The minimum atomic E-state index is -0.694. The quantitative estimate of drug-likeness (QED) is 0.348. The van der Waals surface area contributed by atoms with Crippen molar-refractivity contribution in [3.8, 4) is 0 Å². The van der Waals surface area contributed by atoms with E-state index in [9.17, 15) is 14.4 Å². The van der Waals surface area contributed by atoms with Crippen molar-refractivity contribution in [1.29, 1.82) is 0 Å². The number of fused-ring (bicyclic) bond motifs is 1. The zero-order chi connectivity index (χ0) is 22.9. The third kappa shape index (κ3) is 6.68. The van der Waals surface area contributed by atoms with Crippen LogP contribution in [0.3, 0.4) is 0 Å². The van der Waals surface area contributed by atoms with E-state index in [0.717, 1.165) is 16.5 Å². The molecule has 1 aromatic heterocycles. The maximum absolute atomic E-state index is 12.4. The second kappa shape index (κ2) is 11.1. The zero-order valence-corrected chi connectivity index (χ0v) is 17.9. The highest BCUT2D eigenvalue weighted by Gasteiger charge is 2.14. The van der Waals surface area contributed by atoms with Crippen LogP contribution in [0.1, 0.15) is 30.4 Å². The van der Waals surface area contributed by atoms with E-state index in [1.165, 1.54) is 6.07 Å². The topological polar surface area (TPSA) is 124 Å². The van der Waals surface area contributed by atoms with Gasteiger partial charge in [0.15, 0.2) is 0 Å². The first kappa shape index (κ1) is 23.0. The van der Waals surface area contributed by atoms with E-state index >= 15 is 0 Å². The first-order valence-electron chi connectivity index (χ1n) is 10.5. The molecular formula is C24H27N3O5. The SMILES string of the molecule is Cc1cc(=O)oc2cc(NC(=O)[C@H](N)CCCCNC(=O)OCc3ccccc3)ccc12. The first-order valence-corrected chi connectivity index (χ1v) is 10.5. The molecule has 4 N–H and O–H groups in total. The highest BCUT2D eigenvalue weighted by atomic mass is 16.5. The lowest BCUT2D eigenvalue weighted by atomic mass is 10.1. The number of unbranched alkanes of at least 4 members (excludes halogenated alkanes) is 1. The Balaban J connectivity index is 1.36. The van der Waals surface area contributed by atoms with Gasteiger partial charge in [-0.2, -0.15) is 0 Å². The number of hydrogen-bond donors (Lipinski definition) is 3. The van der Waals surface area contributed by atoms with Gasteiger partial charge in [0.05, 0.1) is 6.04 Å². The van der Waals surface area contributed by atoms with Gasteiger partial charge in [0.1, 0.15) is 12.2 Å². The van der Waals surface area contributed by atoms with Gasteiger partial charge in [-0.25, -0.2) is 9.59 Å². The molecular weight excluding hydrogens is 410 g/mol. The van der Waals surface area contributed by atoms with Crippen molar-refractivity contribution in [2.45, 2.75) is 38.8 Å². The van der Waals surface area contributed by atoms with Gasteiger partial charge in [0, 0.05) is 29.8 Å². The number of alkyl carbamates (subject to hydrolysis) is 1. The van der Waals surface area contributed by atoms with E-state index < -0.39 is 17.8 Å². The largest absolute Gasteiger partial charge is 0.445 e. The molecule has 0 unspecified atom stereocenters. The number of carbonyl (C=O) groups is 2. The van der Waals surface area contributed by atoms with Gasteiger partial charge in [0.2, 0.25) is 5.91 Å². The Bertz CT molecular complexity index is 1130. The molecule has 3 aromatic rings. The number of hydrogen-bond acceptors (Lipinski definition) is 6. The summed E-state index contributed by atoms with van der Waals surface area (Å²) in [7, 11) is 0. The van der Waals surface area contributed by atoms with Crippen molar-refractivity contribution in [2.24, 2.45) is 5.73 Å². The van der Waals surface area contributed by atoms with Crippen molar-refractivity contribution in [1.82, 2.24) is 5.32 Å². The summed E-state index contributed by atoms with van der Waals surface area (Å²) < 4.78 is 10.3. The summed E-state index contributed by atoms with van der Waals surface area (Å²) in [6.45, 7) is 2.48. The molecule has 1 heterocycles. The van der Waals surface area contributed by atoms with Crippen LogP contribution in [-0.2, 0) is 16.1 Å². The standard InChI is InChI=1S/C24H27N3O5/c1-16-13-22(28)32-21-14-18(10-11-19(16)21)27-23(29)20(25)9-5-6-12-26-24(30)31-15-17-7-3-2-4-8-17/h2-4,7-8,10-11,13-14,20H,5-6,9,12,15,25H2,1H3,(H,26,30)(H,27,29)/t20-/m1/s1. The van der Waals surface area contributed by atoms with Crippen molar-refractivity contribution in [3.63, 3.8) is 0 Å². The molecule has 8 heteroatoms. The number of benzene rings is 2. The Labute approximate surface area is 185 Å². The Morgan fingerprint density at radius 1 is 1.09 bits per heavy atom. The first-order chi connectivity index (χ1) is 15.4. The van der Waals surface area contributed by atoms with Gasteiger partial charge in [-0.05, 0) is 49.4 Å². The number of rotatable bonds is 9. The predicted octanol–water partition coefficient (Wildman–Crippen LogP) is 3.46. The molecule has 0 spiro atoms. The monoisotopic (exact) mass is 437 g/mol. The van der Waals surface area contributed by atoms with Gasteiger partial charge < -0.3 is 25.5 Å². The predicted molar refractivity (Wildman–Crippen MR) is 122 cm³/mol. The maximum atomic E-state index is 12.4. The van der Waals surface area contributed by atoms with Crippen molar-refractivity contribution < 1.29 is 18.7 Å². The van der Waals surface area contributed by atoms with Crippen LogP contribution in [-0.4, -0.2) is 24.6 Å². The van der Waals surface area contributed by atoms with E-state index in [2.05, 4.69) is 10.6 Å². The number of aryl methyl sites for hydroxylation is 1. The van der Waals surface area contributed by atoms with Crippen LogP contribution in [0.15, 0.2) is 63.8 Å². The summed E-state index contributed by atoms with van der Waals surface area (Å²) in [5.41, 5.74) is 8.19. The molecule has 0 fully saturated rings. The van der Waals surface area contributed by atoms with E-state index in [4.69, 9.17) is 14.9 Å².